The molecule has 0 saturated carbocycles. The minimum Gasteiger partial charge on any atom is -0.406 e. The van der Waals surface area contributed by atoms with Gasteiger partial charge in [-0.25, -0.2) is 9.50 Å². The maximum atomic E-state index is 12.8. The molecule has 13 heteroatoms. The van der Waals surface area contributed by atoms with Crippen LogP contribution in [0.25, 0.3) is 5.78 Å². The maximum absolute atomic E-state index is 12.8. The smallest absolute Gasteiger partial charge is 0.406 e. The van der Waals surface area contributed by atoms with Crippen LogP contribution < -0.4 is 10.1 Å². The highest BCUT2D eigenvalue weighted by atomic mass is 19.4. The molecule has 10 nitrogen and oxygen atoms in total. The number of halogens is 3. The molecule has 1 aromatic carbocycles. The lowest BCUT2D eigenvalue weighted by Gasteiger charge is -2.33. The van der Waals surface area contributed by atoms with Crippen molar-refractivity contribution in [3.8, 4) is 5.75 Å². The van der Waals surface area contributed by atoms with Gasteiger partial charge >= 0.3 is 6.36 Å². The maximum Gasteiger partial charge on any atom is 0.573 e. The normalized spacial score (nSPS) is 14.9. The molecule has 0 atom stereocenters. The highest BCUT2D eigenvalue weighted by Gasteiger charge is 2.31. The topological polar surface area (TPSA) is 105 Å². The van der Waals surface area contributed by atoms with E-state index in [0.717, 1.165) is 23.5 Å². The number of rotatable bonds is 5. The second-order valence-electron chi connectivity index (χ2n) is 7.87. The van der Waals surface area contributed by atoms with Gasteiger partial charge in [0.15, 0.2) is 0 Å². The Balaban J connectivity index is 1.28. The Morgan fingerprint density at radius 2 is 1.74 bits per heavy atom. The highest BCUT2D eigenvalue weighted by molar-refractivity contribution is 5.92. The Kier molecular flexibility index (Phi) is 6.37. The van der Waals surface area contributed by atoms with Gasteiger partial charge in [0.25, 0.3) is 11.7 Å². The fraction of sp³-hybridized carbons (Fsp3) is 0.381. The Hall–Kier alpha value is -3.74. The molecule has 2 amide bonds. The third kappa shape index (κ3) is 5.60. The summed E-state index contributed by atoms with van der Waals surface area (Å²) in [6.07, 6.45) is -4.77. The van der Waals surface area contributed by atoms with Gasteiger partial charge in [-0.2, -0.15) is 4.98 Å². The molecule has 4 rings (SSSR count). The largest absolute Gasteiger partial charge is 0.573 e. The summed E-state index contributed by atoms with van der Waals surface area (Å²) in [6.45, 7) is 5.53. The van der Waals surface area contributed by atoms with Crippen LogP contribution in [0.4, 0.5) is 18.9 Å². The van der Waals surface area contributed by atoms with Crippen molar-refractivity contribution < 1.29 is 27.5 Å². The van der Waals surface area contributed by atoms with E-state index >= 15 is 0 Å². The summed E-state index contributed by atoms with van der Waals surface area (Å²) in [5.41, 5.74) is 1.96. The lowest BCUT2D eigenvalue weighted by Crippen LogP contribution is -2.50. The summed E-state index contributed by atoms with van der Waals surface area (Å²) in [4.78, 5) is 37.2. The molecule has 1 N–H and O–H groups in total. The predicted octanol–water partition coefficient (Wildman–Crippen LogP) is 2.04. The van der Waals surface area contributed by atoms with E-state index in [4.69, 9.17) is 0 Å². The van der Waals surface area contributed by atoms with Gasteiger partial charge in [0.1, 0.15) is 5.75 Å². The molecule has 3 heterocycles. The number of amides is 2. The number of piperazine rings is 1. The zero-order chi connectivity index (χ0) is 24.5. The van der Waals surface area contributed by atoms with Crippen molar-refractivity contribution in [2.45, 2.75) is 20.2 Å². The van der Waals surface area contributed by atoms with Crippen LogP contribution in [0.5, 0.6) is 5.75 Å². The highest BCUT2D eigenvalue weighted by Crippen LogP contribution is 2.24. The van der Waals surface area contributed by atoms with E-state index in [1.54, 1.807) is 4.90 Å². The summed E-state index contributed by atoms with van der Waals surface area (Å²) < 4.78 is 42.0. The molecule has 0 aliphatic carbocycles. The zero-order valence-electron chi connectivity index (χ0n) is 18.5. The molecule has 1 aliphatic rings. The van der Waals surface area contributed by atoms with Gasteiger partial charge in [-0.3, -0.25) is 14.5 Å². The van der Waals surface area contributed by atoms with Crippen LogP contribution >= 0.6 is 0 Å². The average Bonchev–Trinajstić information content (AvgIpc) is 3.18. The summed E-state index contributed by atoms with van der Waals surface area (Å²) >= 11 is 0. The number of aryl methyl sites for hydroxylation is 2. The van der Waals surface area contributed by atoms with Crippen molar-refractivity contribution in [2.24, 2.45) is 0 Å². The van der Waals surface area contributed by atoms with Crippen LogP contribution in [0.2, 0.25) is 0 Å². The van der Waals surface area contributed by atoms with Gasteiger partial charge in [-0.1, -0.05) is 0 Å². The second kappa shape index (κ2) is 9.25. The average molecular weight is 477 g/mol. The first-order valence-electron chi connectivity index (χ1n) is 10.5. The molecule has 0 unspecified atom stereocenters. The minimum absolute atomic E-state index is 0.0744. The molecule has 180 valence electrons. The van der Waals surface area contributed by atoms with Gasteiger partial charge in [0.05, 0.1) is 6.54 Å². The summed E-state index contributed by atoms with van der Waals surface area (Å²) in [5.74, 6) is -0.539. The number of ether oxygens (including phenoxy) is 1. The van der Waals surface area contributed by atoms with Crippen LogP contribution in [-0.4, -0.2) is 80.3 Å². The SMILES string of the molecule is Cc1cc(C)n2nc(C(=O)N3CCN(CC(=O)Nc4ccc(OC(F)(F)F)cc4)CC3)nc2n1. The summed E-state index contributed by atoms with van der Waals surface area (Å²) in [5, 5.41) is 6.91. The number of hydrogen-bond donors (Lipinski definition) is 1. The molecule has 3 aromatic rings. The number of benzene rings is 1. The molecule has 0 bridgehead atoms. The lowest BCUT2D eigenvalue weighted by molar-refractivity contribution is -0.274. The number of anilines is 1. The summed E-state index contributed by atoms with van der Waals surface area (Å²) in [7, 11) is 0. The molecule has 0 spiro atoms. The van der Waals surface area contributed by atoms with Crippen LogP contribution in [0.3, 0.4) is 0 Å². The van der Waals surface area contributed by atoms with Gasteiger partial charge < -0.3 is 15.0 Å². The third-order valence-corrected chi connectivity index (χ3v) is 5.21. The van der Waals surface area contributed by atoms with Crippen LogP contribution in [-0.2, 0) is 4.79 Å². The third-order valence-electron chi connectivity index (χ3n) is 5.21. The molecular weight excluding hydrogens is 455 g/mol. The number of carbonyl (C=O) groups excluding carboxylic acids is 2. The number of alkyl halides is 3. The Bertz CT molecular complexity index is 1200. The zero-order valence-corrected chi connectivity index (χ0v) is 18.5. The van der Waals surface area contributed by atoms with Crippen LogP contribution in [0.15, 0.2) is 30.3 Å². The fourth-order valence-corrected chi connectivity index (χ4v) is 3.65. The van der Waals surface area contributed by atoms with Gasteiger partial charge in [-0.05, 0) is 44.2 Å². The molecular formula is C21H22F3N7O3. The van der Waals surface area contributed by atoms with E-state index in [9.17, 15) is 22.8 Å². The fourth-order valence-electron chi connectivity index (χ4n) is 3.65. The molecule has 1 fully saturated rings. The monoisotopic (exact) mass is 477 g/mol. The van der Waals surface area contributed by atoms with Gasteiger partial charge in [-0.15, -0.1) is 18.3 Å². The number of hydrogen-bond acceptors (Lipinski definition) is 7. The van der Waals surface area contributed by atoms with Crippen molar-refractivity contribution in [3.05, 3.63) is 47.5 Å². The van der Waals surface area contributed by atoms with Crippen molar-refractivity contribution in [3.63, 3.8) is 0 Å². The molecule has 1 saturated heterocycles. The van der Waals surface area contributed by atoms with Crippen molar-refractivity contribution in [1.29, 1.82) is 0 Å². The van der Waals surface area contributed by atoms with E-state index in [-0.39, 0.29) is 29.9 Å². The lowest BCUT2D eigenvalue weighted by atomic mass is 10.2. The van der Waals surface area contributed by atoms with Crippen molar-refractivity contribution in [2.75, 3.05) is 38.0 Å². The first-order valence-corrected chi connectivity index (χ1v) is 10.5. The number of nitrogens with one attached hydrogen (secondary N) is 1. The quantitative estimate of drug-likeness (QED) is 0.600. The Morgan fingerprint density at radius 3 is 2.38 bits per heavy atom. The van der Waals surface area contributed by atoms with Crippen LogP contribution in [0, 0.1) is 13.8 Å². The summed E-state index contributed by atoms with van der Waals surface area (Å²) in [6, 6.07) is 6.76. The van der Waals surface area contributed by atoms with E-state index in [2.05, 4.69) is 25.1 Å². The Labute approximate surface area is 192 Å². The molecule has 34 heavy (non-hydrogen) atoms. The number of aromatic nitrogens is 4. The van der Waals surface area contributed by atoms with Gasteiger partial charge in [0, 0.05) is 43.3 Å². The standard InChI is InChI=1S/C21H22F3N7O3/c1-13-11-14(2)31-20(25-13)27-18(28-31)19(33)30-9-7-29(8-10-30)12-17(32)26-15-3-5-16(6-4-15)34-21(22,23)24/h3-6,11H,7-10,12H2,1-2H3,(H,26,32). The number of nitrogens with zero attached hydrogens (tertiary/aromatic N) is 6. The molecule has 1 aliphatic heterocycles. The van der Waals surface area contributed by atoms with Gasteiger partial charge in [0.2, 0.25) is 11.7 Å². The van der Waals surface area contributed by atoms with E-state index < -0.39 is 6.36 Å². The molecule has 0 radical (unpaired) electrons. The number of fused-ring (bicyclic) bond motifs is 1. The predicted molar refractivity (Wildman–Crippen MR) is 114 cm³/mol. The van der Waals surface area contributed by atoms with Crippen molar-refractivity contribution in [1.82, 2.24) is 29.4 Å². The Morgan fingerprint density at radius 1 is 1.06 bits per heavy atom. The minimum atomic E-state index is -4.77. The van der Waals surface area contributed by atoms with E-state index in [1.165, 1.54) is 16.6 Å². The first-order chi connectivity index (χ1) is 16.1. The number of carbonyl (C=O) groups is 2. The van der Waals surface area contributed by atoms with Crippen LogP contribution in [0.1, 0.15) is 22.0 Å². The first kappa shape index (κ1) is 23.4. The van der Waals surface area contributed by atoms with E-state index in [1.807, 2.05) is 24.8 Å². The van der Waals surface area contributed by atoms with Crippen molar-refractivity contribution >= 4 is 23.3 Å². The molecule has 2 aromatic heterocycles. The second-order valence-corrected chi connectivity index (χ2v) is 7.87. The van der Waals surface area contributed by atoms with E-state index in [0.29, 0.717) is 37.6 Å².